The fraction of sp³-hybridized carbons (Fsp3) is 0.118. The molecule has 0 bridgehead atoms. The van der Waals surface area contributed by atoms with Crippen molar-refractivity contribution < 1.29 is 4.42 Å². The van der Waals surface area contributed by atoms with Crippen LogP contribution < -0.4 is 0 Å². The number of hydrogen-bond acceptors (Lipinski definition) is 7. The maximum Gasteiger partial charge on any atom is 0.247 e. The van der Waals surface area contributed by atoms with Gasteiger partial charge in [-0.3, -0.25) is 0 Å². The van der Waals surface area contributed by atoms with Gasteiger partial charge in [-0.1, -0.05) is 45.4 Å². The Hall–Kier alpha value is -2.52. The molecule has 7 nitrogen and oxygen atoms in total. The highest BCUT2D eigenvalue weighted by Crippen LogP contribution is 2.25. The van der Waals surface area contributed by atoms with Crippen molar-refractivity contribution in [2.24, 2.45) is 0 Å². The first-order chi connectivity index (χ1) is 12.7. The molecule has 0 fully saturated rings. The van der Waals surface area contributed by atoms with Crippen LogP contribution in [0, 0.1) is 6.92 Å². The first-order valence-electron chi connectivity index (χ1n) is 7.75. The smallest absolute Gasteiger partial charge is 0.247 e. The van der Waals surface area contributed by atoms with Gasteiger partial charge in [0.15, 0.2) is 0 Å². The van der Waals surface area contributed by atoms with Gasteiger partial charge >= 0.3 is 0 Å². The molecule has 0 radical (unpaired) electrons. The minimum Gasteiger partial charge on any atom is -0.420 e. The third kappa shape index (κ3) is 3.68. The number of halogens is 1. The molecule has 26 heavy (non-hydrogen) atoms. The summed E-state index contributed by atoms with van der Waals surface area (Å²) in [6.45, 7) is 2.04. The molecule has 130 valence electrons. The van der Waals surface area contributed by atoms with Crippen molar-refractivity contribution in [3.63, 3.8) is 0 Å². The highest BCUT2D eigenvalue weighted by molar-refractivity contribution is 9.10. The van der Waals surface area contributed by atoms with Gasteiger partial charge < -0.3 is 4.42 Å². The summed E-state index contributed by atoms with van der Waals surface area (Å²) in [5.41, 5.74) is 2.97. The summed E-state index contributed by atoms with van der Waals surface area (Å²) in [4.78, 5) is 0. The maximum atomic E-state index is 5.73. The van der Waals surface area contributed by atoms with Crippen molar-refractivity contribution in [3.05, 3.63) is 64.5 Å². The molecular formula is C17H13BrN6OS. The Morgan fingerprint density at radius 3 is 2.54 bits per heavy atom. The molecule has 0 saturated heterocycles. The minimum absolute atomic E-state index is 0.482. The van der Waals surface area contributed by atoms with Crippen LogP contribution in [0.1, 0.15) is 11.5 Å². The summed E-state index contributed by atoms with van der Waals surface area (Å²) in [6.07, 6.45) is 0. The first kappa shape index (κ1) is 16.9. The van der Waals surface area contributed by atoms with E-state index in [0.29, 0.717) is 22.7 Å². The molecular weight excluding hydrogens is 416 g/mol. The molecule has 4 rings (SSSR count). The number of rotatable bonds is 5. The van der Waals surface area contributed by atoms with Crippen molar-refractivity contribution in [2.45, 2.75) is 17.8 Å². The third-order valence-electron chi connectivity index (χ3n) is 3.60. The Balaban J connectivity index is 1.48. The zero-order valence-corrected chi connectivity index (χ0v) is 16.1. The summed E-state index contributed by atoms with van der Waals surface area (Å²) >= 11 is 4.85. The molecule has 2 aromatic heterocycles. The van der Waals surface area contributed by atoms with Crippen molar-refractivity contribution in [2.75, 3.05) is 0 Å². The SMILES string of the molecule is Cc1ccc(-n2nnnc2SCc2nnc(-c3ccc(Br)cc3)o2)cc1. The van der Waals surface area contributed by atoms with E-state index in [-0.39, 0.29) is 0 Å². The zero-order chi connectivity index (χ0) is 17.9. The predicted molar refractivity (Wildman–Crippen MR) is 101 cm³/mol. The molecule has 0 amide bonds. The molecule has 0 saturated carbocycles. The van der Waals surface area contributed by atoms with E-state index in [1.54, 1.807) is 4.68 Å². The van der Waals surface area contributed by atoms with E-state index in [0.717, 1.165) is 15.7 Å². The van der Waals surface area contributed by atoms with Crippen molar-refractivity contribution >= 4 is 27.7 Å². The second-order valence-corrected chi connectivity index (χ2v) is 7.36. The molecule has 4 aromatic rings. The topological polar surface area (TPSA) is 82.5 Å². The summed E-state index contributed by atoms with van der Waals surface area (Å²) < 4.78 is 8.42. The van der Waals surface area contributed by atoms with Crippen LogP contribution in [0.3, 0.4) is 0 Å². The Labute approximate surface area is 162 Å². The summed E-state index contributed by atoms with van der Waals surface area (Å²) in [5, 5.41) is 20.8. The second kappa shape index (κ2) is 7.38. The first-order valence-corrected chi connectivity index (χ1v) is 9.53. The van der Waals surface area contributed by atoms with Gasteiger partial charge in [0.2, 0.25) is 16.9 Å². The fourth-order valence-corrected chi connectivity index (χ4v) is 3.26. The number of nitrogens with zero attached hydrogens (tertiary/aromatic N) is 6. The molecule has 2 heterocycles. The highest BCUT2D eigenvalue weighted by Gasteiger charge is 2.13. The van der Waals surface area contributed by atoms with E-state index in [4.69, 9.17) is 4.42 Å². The van der Waals surface area contributed by atoms with Gasteiger partial charge in [-0.05, 0) is 53.7 Å². The minimum atomic E-state index is 0.482. The van der Waals surface area contributed by atoms with Crippen LogP contribution in [0.5, 0.6) is 0 Å². The number of aryl methyl sites for hydroxylation is 1. The quantitative estimate of drug-likeness (QED) is 0.442. The third-order valence-corrected chi connectivity index (χ3v) is 5.03. The lowest BCUT2D eigenvalue weighted by Crippen LogP contribution is -1.99. The average molecular weight is 429 g/mol. The maximum absolute atomic E-state index is 5.73. The van der Waals surface area contributed by atoms with Crippen LogP contribution in [0.4, 0.5) is 0 Å². The van der Waals surface area contributed by atoms with Crippen molar-refractivity contribution in [1.82, 2.24) is 30.4 Å². The van der Waals surface area contributed by atoms with Crippen LogP contribution in [0.15, 0.2) is 62.6 Å². The van der Waals surface area contributed by atoms with Crippen molar-refractivity contribution in [1.29, 1.82) is 0 Å². The Kier molecular flexibility index (Phi) is 4.81. The monoisotopic (exact) mass is 428 g/mol. The van der Waals surface area contributed by atoms with Crippen LogP contribution in [-0.4, -0.2) is 30.4 Å². The van der Waals surface area contributed by atoms with E-state index < -0.39 is 0 Å². The summed E-state index contributed by atoms with van der Waals surface area (Å²) in [6, 6.07) is 15.7. The lowest BCUT2D eigenvalue weighted by molar-refractivity contribution is 0.528. The van der Waals surface area contributed by atoms with Crippen LogP contribution in [0.25, 0.3) is 17.1 Å². The number of thioether (sulfide) groups is 1. The Morgan fingerprint density at radius 1 is 1.00 bits per heavy atom. The van der Waals surface area contributed by atoms with Crippen LogP contribution in [0.2, 0.25) is 0 Å². The van der Waals surface area contributed by atoms with Crippen LogP contribution in [-0.2, 0) is 5.75 Å². The molecule has 0 unspecified atom stereocenters. The largest absolute Gasteiger partial charge is 0.420 e. The summed E-state index contributed by atoms with van der Waals surface area (Å²) in [7, 11) is 0. The molecule has 0 aliphatic rings. The average Bonchev–Trinajstić information content (AvgIpc) is 3.30. The standard InChI is InChI=1S/C17H13BrN6OS/c1-11-2-8-14(9-3-11)24-17(21-22-23-24)26-10-15-19-20-16(25-15)12-4-6-13(18)7-5-12/h2-9H,10H2,1H3. The Morgan fingerprint density at radius 2 is 1.77 bits per heavy atom. The lowest BCUT2D eigenvalue weighted by atomic mass is 10.2. The molecule has 0 aliphatic heterocycles. The van der Waals surface area contributed by atoms with E-state index >= 15 is 0 Å². The molecule has 9 heteroatoms. The second-order valence-electron chi connectivity index (χ2n) is 5.51. The zero-order valence-electron chi connectivity index (χ0n) is 13.7. The number of aromatic nitrogens is 6. The lowest BCUT2D eigenvalue weighted by Gasteiger charge is -2.03. The van der Waals surface area contributed by atoms with Gasteiger partial charge in [0.1, 0.15) is 0 Å². The molecule has 0 N–H and O–H groups in total. The highest BCUT2D eigenvalue weighted by atomic mass is 79.9. The van der Waals surface area contributed by atoms with E-state index in [1.165, 1.54) is 17.3 Å². The van der Waals surface area contributed by atoms with Gasteiger partial charge in [0.25, 0.3) is 0 Å². The molecule has 0 aliphatic carbocycles. The van der Waals surface area contributed by atoms with Gasteiger partial charge in [0, 0.05) is 10.0 Å². The van der Waals surface area contributed by atoms with Gasteiger partial charge in [-0.15, -0.1) is 15.3 Å². The van der Waals surface area contributed by atoms with E-state index in [9.17, 15) is 0 Å². The molecule has 0 atom stereocenters. The van der Waals surface area contributed by atoms with Gasteiger partial charge in [-0.2, -0.15) is 4.68 Å². The molecule has 2 aromatic carbocycles. The Bertz CT molecular complexity index is 1010. The van der Waals surface area contributed by atoms with Gasteiger partial charge in [-0.25, -0.2) is 0 Å². The van der Waals surface area contributed by atoms with Crippen LogP contribution >= 0.6 is 27.7 Å². The normalized spacial score (nSPS) is 11.0. The fourth-order valence-electron chi connectivity index (χ4n) is 2.26. The number of benzene rings is 2. The van der Waals surface area contributed by atoms with Gasteiger partial charge in [0.05, 0.1) is 11.4 Å². The van der Waals surface area contributed by atoms with E-state index in [1.807, 2.05) is 55.5 Å². The van der Waals surface area contributed by atoms with Crippen molar-refractivity contribution in [3.8, 4) is 17.1 Å². The predicted octanol–water partition coefficient (Wildman–Crippen LogP) is 4.08. The number of hydrogen-bond donors (Lipinski definition) is 0. The number of tetrazole rings is 1. The summed E-state index contributed by atoms with van der Waals surface area (Å²) in [5.74, 6) is 1.49. The van der Waals surface area contributed by atoms with E-state index in [2.05, 4.69) is 41.7 Å². The molecule has 0 spiro atoms.